The zero-order valence-corrected chi connectivity index (χ0v) is 24.4. The molecule has 5 heteroatoms. The van der Waals surface area contributed by atoms with Gasteiger partial charge in [0.2, 0.25) is 0 Å². The molecule has 0 aromatic carbocycles. The van der Waals surface area contributed by atoms with Crippen molar-refractivity contribution in [3.8, 4) is 0 Å². The summed E-state index contributed by atoms with van der Waals surface area (Å²) in [5.41, 5.74) is 1.55. The summed E-state index contributed by atoms with van der Waals surface area (Å²) in [6.45, 7) is 18.8. The van der Waals surface area contributed by atoms with E-state index in [1.807, 2.05) is 0 Å². The number of carbonyl (C=O) groups excluding carboxylic acids is 2. The smallest absolute Gasteiger partial charge is 0.303 e. The van der Waals surface area contributed by atoms with Gasteiger partial charge in [-0.05, 0) is 85.7 Å². The van der Waals surface area contributed by atoms with E-state index in [0.29, 0.717) is 24.0 Å². The molecule has 1 heterocycles. The molecule has 1 saturated heterocycles. The van der Waals surface area contributed by atoms with Crippen LogP contribution < -0.4 is 0 Å². The predicted molar refractivity (Wildman–Crippen MR) is 144 cm³/mol. The number of fused-ring (bicyclic) bond motifs is 6. The first kappa shape index (κ1) is 27.1. The summed E-state index contributed by atoms with van der Waals surface area (Å²) in [4.78, 5) is 24.8. The van der Waals surface area contributed by atoms with Gasteiger partial charge in [-0.15, -0.1) is 0 Å². The molecular formula is C32H48O5. The van der Waals surface area contributed by atoms with Gasteiger partial charge in [0.15, 0.2) is 6.10 Å². The lowest BCUT2D eigenvalue weighted by Crippen LogP contribution is -2.61. The number of esters is 1. The summed E-state index contributed by atoms with van der Waals surface area (Å²) in [6, 6.07) is 0. The van der Waals surface area contributed by atoms with Crippen LogP contribution in [-0.4, -0.2) is 40.8 Å². The highest BCUT2D eigenvalue weighted by atomic mass is 16.6. The fourth-order valence-electron chi connectivity index (χ4n) is 9.93. The van der Waals surface area contributed by atoms with Gasteiger partial charge in [-0.3, -0.25) is 9.59 Å². The Bertz CT molecular complexity index is 1060. The topological polar surface area (TPSA) is 72.8 Å². The monoisotopic (exact) mass is 512 g/mol. The molecule has 9 atom stereocenters. The van der Waals surface area contributed by atoms with Crippen LogP contribution in [0.25, 0.3) is 0 Å². The fourth-order valence-corrected chi connectivity index (χ4v) is 9.93. The number of allylic oxidation sites excluding steroid dienone is 3. The molecule has 4 aliphatic carbocycles. The Hall–Kier alpha value is -1.46. The highest BCUT2D eigenvalue weighted by Gasteiger charge is 2.67. The van der Waals surface area contributed by atoms with Gasteiger partial charge in [-0.1, -0.05) is 53.7 Å². The van der Waals surface area contributed by atoms with E-state index in [2.05, 4.69) is 53.7 Å². The third-order valence-corrected chi connectivity index (χ3v) is 12.0. The van der Waals surface area contributed by atoms with E-state index in [9.17, 15) is 14.7 Å². The summed E-state index contributed by atoms with van der Waals surface area (Å²) in [7, 11) is 0. The number of hydrogen-bond acceptors (Lipinski definition) is 5. The predicted octanol–water partition coefficient (Wildman–Crippen LogP) is 6.19. The van der Waals surface area contributed by atoms with Crippen molar-refractivity contribution in [2.75, 3.05) is 0 Å². The van der Waals surface area contributed by atoms with Crippen molar-refractivity contribution in [2.24, 2.45) is 39.4 Å². The van der Waals surface area contributed by atoms with Gasteiger partial charge < -0.3 is 14.6 Å². The van der Waals surface area contributed by atoms with E-state index in [0.717, 1.165) is 32.1 Å². The summed E-state index contributed by atoms with van der Waals surface area (Å²) in [5, 5.41) is 10.9. The van der Waals surface area contributed by atoms with Crippen molar-refractivity contribution in [1.29, 1.82) is 0 Å². The van der Waals surface area contributed by atoms with E-state index in [1.165, 1.54) is 18.1 Å². The first-order chi connectivity index (χ1) is 17.0. The Morgan fingerprint density at radius 1 is 1.19 bits per heavy atom. The first-order valence-corrected chi connectivity index (χ1v) is 14.5. The van der Waals surface area contributed by atoms with E-state index >= 15 is 0 Å². The summed E-state index contributed by atoms with van der Waals surface area (Å²) < 4.78 is 12.4. The average molecular weight is 513 g/mol. The van der Waals surface area contributed by atoms with Crippen LogP contribution in [-0.2, 0) is 19.1 Å². The Morgan fingerprint density at radius 3 is 2.49 bits per heavy atom. The van der Waals surface area contributed by atoms with Gasteiger partial charge >= 0.3 is 5.97 Å². The molecule has 0 aromatic heterocycles. The van der Waals surface area contributed by atoms with Gasteiger partial charge in [-0.2, -0.15) is 0 Å². The largest absolute Gasteiger partial charge is 0.457 e. The van der Waals surface area contributed by atoms with E-state index in [4.69, 9.17) is 9.47 Å². The van der Waals surface area contributed by atoms with E-state index in [1.54, 1.807) is 13.8 Å². The normalized spacial score (nSPS) is 45.5. The van der Waals surface area contributed by atoms with Crippen LogP contribution in [0.5, 0.6) is 0 Å². The highest BCUT2D eigenvalue weighted by Crippen LogP contribution is 2.73. The number of hydrogen-bond donors (Lipinski definition) is 1. The molecule has 0 aromatic rings. The van der Waals surface area contributed by atoms with Crippen LogP contribution in [0.4, 0.5) is 0 Å². The molecular weight excluding hydrogens is 464 g/mol. The van der Waals surface area contributed by atoms with Crippen LogP contribution >= 0.6 is 0 Å². The molecule has 5 rings (SSSR count). The molecule has 0 bridgehead atoms. The van der Waals surface area contributed by atoms with E-state index in [-0.39, 0.29) is 39.8 Å². The molecule has 37 heavy (non-hydrogen) atoms. The number of ether oxygens (including phenoxy) is 2. The third-order valence-electron chi connectivity index (χ3n) is 12.0. The summed E-state index contributed by atoms with van der Waals surface area (Å²) in [6.07, 6.45) is 9.32. The zero-order chi connectivity index (χ0) is 27.3. The Labute approximate surface area is 223 Å². The third kappa shape index (κ3) is 3.69. The van der Waals surface area contributed by atoms with Crippen molar-refractivity contribution < 1.29 is 24.2 Å². The maximum absolute atomic E-state index is 12.9. The van der Waals surface area contributed by atoms with Gasteiger partial charge in [0.25, 0.3) is 0 Å². The van der Waals surface area contributed by atoms with Crippen molar-refractivity contribution in [3.63, 3.8) is 0 Å². The lowest BCUT2D eigenvalue weighted by atomic mass is 9.37. The average Bonchev–Trinajstić information content (AvgIpc) is 3.07. The summed E-state index contributed by atoms with van der Waals surface area (Å²) >= 11 is 0. The Kier molecular flexibility index (Phi) is 6.06. The van der Waals surface area contributed by atoms with Gasteiger partial charge in [0, 0.05) is 24.2 Å². The molecule has 5 nitrogen and oxygen atoms in total. The van der Waals surface area contributed by atoms with Crippen LogP contribution in [0.15, 0.2) is 23.3 Å². The Morgan fingerprint density at radius 2 is 1.86 bits per heavy atom. The van der Waals surface area contributed by atoms with Gasteiger partial charge in [0.1, 0.15) is 5.78 Å². The zero-order valence-electron chi connectivity index (χ0n) is 24.4. The second kappa shape index (κ2) is 8.27. The Balaban J connectivity index is 1.50. The first-order valence-electron chi connectivity index (χ1n) is 14.5. The minimum absolute atomic E-state index is 0.0270. The van der Waals surface area contributed by atoms with Crippen LogP contribution in [0, 0.1) is 39.4 Å². The molecule has 1 N–H and O–H groups in total. The minimum atomic E-state index is -1.19. The highest BCUT2D eigenvalue weighted by molar-refractivity contribution is 5.85. The van der Waals surface area contributed by atoms with Crippen LogP contribution in [0.2, 0.25) is 0 Å². The maximum Gasteiger partial charge on any atom is 0.303 e. The molecule has 0 radical (unpaired) electrons. The van der Waals surface area contributed by atoms with Crippen LogP contribution in [0.1, 0.15) is 101 Å². The lowest BCUT2D eigenvalue weighted by molar-refractivity contribution is -0.193. The standard InChI is InChI=1S/C32H48O5/c1-18-16-21(27(29(5,6)35)36-19(2)33)37-22-17-32(9)20(26(18)22)10-11-24-30(7)14-13-25(34)28(3,4)23(30)12-15-31(24,32)8/h10-11,18,21-24,27,35H,12-17H2,1-9H3/t18-,21+,22+,23+,24+,27-,30+,31+,32+/m0/s1. The fraction of sp³-hybridized carbons (Fsp3) is 0.812. The van der Waals surface area contributed by atoms with Gasteiger partial charge in [-0.25, -0.2) is 0 Å². The number of carbonyl (C=O) groups is 2. The number of rotatable bonds is 3. The molecule has 3 fully saturated rings. The van der Waals surface area contributed by atoms with Gasteiger partial charge in [0.05, 0.1) is 17.8 Å². The van der Waals surface area contributed by atoms with Crippen molar-refractivity contribution in [1.82, 2.24) is 0 Å². The quantitative estimate of drug-likeness (QED) is 0.457. The molecule has 1 aliphatic heterocycles. The van der Waals surface area contributed by atoms with Crippen molar-refractivity contribution in [2.45, 2.75) is 125 Å². The molecule has 2 saturated carbocycles. The number of ketones is 1. The molecule has 0 spiro atoms. The molecule has 206 valence electrons. The molecule has 0 amide bonds. The second-order valence-corrected chi connectivity index (χ2v) is 14.9. The maximum atomic E-state index is 12.9. The van der Waals surface area contributed by atoms with Crippen molar-refractivity contribution >= 4 is 11.8 Å². The second-order valence-electron chi connectivity index (χ2n) is 14.9. The molecule has 5 aliphatic rings. The SMILES string of the molecule is CC(=O)O[C@@H]([C@H]1C[C@H](C)C2=C3C=C[C@@H]4[C@]5(C)CCC(=O)C(C)(C)[C@H]5CC[C@@]4(C)[C@]3(C)C[C@H]2O1)C(C)(C)O. The number of Topliss-reactive ketones (excluding diaryl/α,β-unsaturated/α-hetero) is 1. The molecule has 0 unspecified atom stereocenters. The van der Waals surface area contributed by atoms with E-state index < -0.39 is 17.7 Å². The van der Waals surface area contributed by atoms with Crippen molar-refractivity contribution in [3.05, 3.63) is 23.3 Å². The number of aliphatic hydroxyl groups is 1. The summed E-state index contributed by atoms with van der Waals surface area (Å²) in [5.74, 6) is 1.14. The minimum Gasteiger partial charge on any atom is -0.457 e. The van der Waals surface area contributed by atoms with Crippen LogP contribution in [0.3, 0.4) is 0 Å². The lowest BCUT2D eigenvalue weighted by Gasteiger charge is -2.66.